The molecule has 4 heteroatoms. The van der Waals surface area contributed by atoms with Crippen molar-refractivity contribution in [3.63, 3.8) is 0 Å². The van der Waals surface area contributed by atoms with E-state index in [4.69, 9.17) is 0 Å². The van der Waals surface area contributed by atoms with Crippen LogP contribution in [0.3, 0.4) is 0 Å². The standard InChI is InChI=1S/C14H23N3.ClH/c1-14(6-8-15-10-14)11-17-9-3-5-13(17)12-4-2-7-16-12;/h2,4,7,13,15-16H,3,5-6,8-11H2,1H3;1H. The monoisotopic (exact) mass is 269 g/mol. The molecule has 2 aliphatic rings. The quantitative estimate of drug-likeness (QED) is 0.884. The van der Waals surface area contributed by atoms with Gasteiger partial charge in [-0.2, -0.15) is 0 Å². The molecule has 0 bridgehead atoms. The second kappa shape index (κ2) is 5.64. The van der Waals surface area contributed by atoms with Crippen LogP contribution in [0.5, 0.6) is 0 Å². The molecule has 0 spiro atoms. The summed E-state index contributed by atoms with van der Waals surface area (Å²) in [5.74, 6) is 0. The summed E-state index contributed by atoms with van der Waals surface area (Å²) in [4.78, 5) is 6.07. The van der Waals surface area contributed by atoms with Crippen molar-refractivity contribution in [1.29, 1.82) is 0 Å². The predicted octanol–water partition coefficient (Wildman–Crippen LogP) is 2.57. The third kappa shape index (κ3) is 2.73. The minimum absolute atomic E-state index is 0. The van der Waals surface area contributed by atoms with Crippen LogP contribution in [0.25, 0.3) is 0 Å². The Hall–Kier alpha value is -0.510. The van der Waals surface area contributed by atoms with Crippen LogP contribution < -0.4 is 5.32 Å². The zero-order chi connectivity index (χ0) is 11.7. The Morgan fingerprint density at radius 3 is 3.06 bits per heavy atom. The van der Waals surface area contributed by atoms with E-state index in [2.05, 4.69) is 34.3 Å². The highest BCUT2D eigenvalue weighted by atomic mass is 35.5. The van der Waals surface area contributed by atoms with E-state index in [1.807, 2.05) is 6.20 Å². The fourth-order valence-electron chi connectivity index (χ4n) is 3.41. The number of hydrogen-bond acceptors (Lipinski definition) is 2. The highest BCUT2D eigenvalue weighted by molar-refractivity contribution is 5.85. The molecule has 0 aliphatic carbocycles. The largest absolute Gasteiger partial charge is 0.364 e. The molecule has 2 atom stereocenters. The summed E-state index contributed by atoms with van der Waals surface area (Å²) in [6, 6.07) is 4.98. The van der Waals surface area contributed by atoms with Gasteiger partial charge < -0.3 is 10.3 Å². The van der Waals surface area contributed by atoms with Gasteiger partial charge in [-0.15, -0.1) is 12.4 Å². The lowest BCUT2D eigenvalue weighted by atomic mass is 9.89. The molecular formula is C14H24ClN3. The Labute approximate surface area is 116 Å². The van der Waals surface area contributed by atoms with Crippen LogP contribution in [0.1, 0.15) is 37.9 Å². The Morgan fingerprint density at radius 2 is 2.39 bits per heavy atom. The van der Waals surface area contributed by atoms with E-state index in [-0.39, 0.29) is 12.4 Å². The fraction of sp³-hybridized carbons (Fsp3) is 0.714. The van der Waals surface area contributed by atoms with Crippen molar-refractivity contribution in [2.75, 3.05) is 26.2 Å². The Morgan fingerprint density at radius 1 is 1.50 bits per heavy atom. The molecule has 1 aromatic rings. The summed E-state index contributed by atoms with van der Waals surface area (Å²) in [5.41, 5.74) is 1.88. The SMILES string of the molecule is CC1(CN2CCCC2c2ccc[nH]2)CCNC1.Cl. The molecule has 18 heavy (non-hydrogen) atoms. The van der Waals surface area contributed by atoms with Gasteiger partial charge in [0.15, 0.2) is 0 Å². The maximum Gasteiger partial charge on any atom is 0.0499 e. The topological polar surface area (TPSA) is 31.1 Å². The first-order valence-electron chi connectivity index (χ1n) is 6.85. The average molecular weight is 270 g/mol. The van der Waals surface area contributed by atoms with Crippen molar-refractivity contribution in [1.82, 2.24) is 15.2 Å². The van der Waals surface area contributed by atoms with Crippen molar-refractivity contribution in [2.45, 2.75) is 32.2 Å². The summed E-state index contributed by atoms with van der Waals surface area (Å²) in [6.45, 7) is 7.30. The molecule has 0 saturated carbocycles. The number of H-pyrrole nitrogens is 1. The number of hydrogen-bond donors (Lipinski definition) is 2. The number of aromatic amines is 1. The van der Waals surface area contributed by atoms with Crippen LogP contribution in [0.2, 0.25) is 0 Å². The second-order valence-electron chi connectivity index (χ2n) is 5.99. The molecular weight excluding hydrogens is 246 g/mol. The van der Waals surface area contributed by atoms with Crippen LogP contribution in [-0.4, -0.2) is 36.1 Å². The van der Waals surface area contributed by atoms with Crippen molar-refractivity contribution in [2.24, 2.45) is 5.41 Å². The van der Waals surface area contributed by atoms with Crippen molar-refractivity contribution in [3.8, 4) is 0 Å². The van der Waals surface area contributed by atoms with Gasteiger partial charge >= 0.3 is 0 Å². The molecule has 0 radical (unpaired) electrons. The van der Waals surface area contributed by atoms with E-state index in [0.29, 0.717) is 11.5 Å². The molecule has 3 heterocycles. The van der Waals surface area contributed by atoms with E-state index >= 15 is 0 Å². The van der Waals surface area contributed by atoms with Gasteiger partial charge in [-0.1, -0.05) is 6.92 Å². The average Bonchev–Trinajstić information content (AvgIpc) is 2.98. The molecule has 2 aliphatic heterocycles. The van der Waals surface area contributed by atoms with Gasteiger partial charge in [0.25, 0.3) is 0 Å². The number of halogens is 1. The summed E-state index contributed by atoms with van der Waals surface area (Å²) in [7, 11) is 0. The van der Waals surface area contributed by atoms with E-state index in [1.165, 1.54) is 51.1 Å². The molecule has 2 fully saturated rings. The molecule has 1 aromatic heterocycles. The first-order chi connectivity index (χ1) is 8.27. The molecule has 3 rings (SSSR count). The summed E-state index contributed by atoms with van der Waals surface area (Å²) >= 11 is 0. The molecule has 2 unspecified atom stereocenters. The zero-order valence-corrected chi connectivity index (χ0v) is 11.9. The van der Waals surface area contributed by atoms with E-state index in [0.717, 1.165) is 0 Å². The summed E-state index contributed by atoms with van der Waals surface area (Å²) < 4.78 is 0. The second-order valence-corrected chi connectivity index (χ2v) is 5.99. The first kappa shape index (κ1) is 13.9. The van der Waals surface area contributed by atoms with E-state index in [1.54, 1.807) is 0 Å². The van der Waals surface area contributed by atoms with Gasteiger partial charge in [-0.3, -0.25) is 4.90 Å². The zero-order valence-electron chi connectivity index (χ0n) is 11.1. The van der Waals surface area contributed by atoms with Crippen LogP contribution in [0.15, 0.2) is 18.3 Å². The highest BCUT2D eigenvalue weighted by Gasteiger charge is 2.35. The third-order valence-corrected chi connectivity index (χ3v) is 4.39. The smallest absolute Gasteiger partial charge is 0.0499 e. The van der Waals surface area contributed by atoms with Crippen molar-refractivity contribution in [3.05, 3.63) is 24.0 Å². The van der Waals surface area contributed by atoms with E-state index < -0.39 is 0 Å². The number of aromatic nitrogens is 1. The van der Waals surface area contributed by atoms with Crippen molar-refractivity contribution >= 4 is 12.4 Å². The maximum atomic E-state index is 3.50. The first-order valence-corrected chi connectivity index (χ1v) is 6.85. The summed E-state index contributed by atoms with van der Waals surface area (Å²) in [5, 5.41) is 3.50. The number of nitrogens with zero attached hydrogens (tertiary/aromatic N) is 1. The van der Waals surface area contributed by atoms with Crippen molar-refractivity contribution < 1.29 is 0 Å². The molecule has 2 saturated heterocycles. The van der Waals surface area contributed by atoms with E-state index in [9.17, 15) is 0 Å². The minimum Gasteiger partial charge on any atom is -0.364 e. The lowest BCUT2D eigenvalue weighted by Gasteiger charge is -2.32. The summed E-state index contributed by atoms with van der Waals surface area (Å²) in [6.07, 6.45) is 6.02. The molecule has 0 aromatic carbocycles. The molecule has 0 amide bonds. The number of nitrogens with one attached hydrogen (secondary N) is 2. The van der Waals surface area contributed by atoms with Crippen LogP contribution in [0, 0.1) is 5.41 Å². The van der Waals surface area contributed by atoms with Gasteiger partial charge in [-0.05, 0) is 49.9 Å². The fourth-order valence-corrected chi connectivity index (χ4v) is 3.41. The van der Waals surface area contributed by atoms with Gasteiger partial charge in [0.2, 0.25) is 0 Å². The molecule has 3 nitrogen and oxygen atoms in total. The third-order valence-electron chi connectivity index (χ3n) is 4.39. The van der Waals surface area contributed by atoms with Gasteiger partial charge in [0.1, 0.15) is 0 Å². The van der Waals surface area contributed by atoms with Crippen LogP contribution in [-0.2, 0) is 0 Å². The van der Waals surface area contributed by atoms with Gasteiger partial charge in [-0.25, -0.2) is 0 Å². The molecule has 102 valence electrons. The lowest BCUT2D eigenvalue weighted by Crippen LogP contribution is -2.37. The Kier molecular flexibility index (Phi) is 4.36. The Bertz CT molecular complexity index is 357. The predicted molar refractivity (Wildman–Crippen MR) is 77.2 cm³/mol. The normalized spacial score (nSPS) is 32.6. The maximum absolute atomic E-state index is 3.50. The lowest BCUT2D eigenvalue weighted by molar-refractivity contribution is 0.163. The van der Waals surface area contributed by atoms with Crippen LogP contribution >= 0.6 is 12.4 Å². The van der Waals surface area contributed by atoms with Gasteiger partial charge in [0, 0.05) is 31.0 Å². The number of rotatable bonds is 3. The molecule has 2 N–H and O–H groups in total. The minimum atomic E-state index is 0. The highest BCUT2D eigenvalue weighted by Crippen LogP contribution is 2.35. The number of likely N-dealkylation sites (tertiary alicyclic amines) is 1. The van der Waals surface area contributed by atoms with Crippen LogP contribution in [0.4, 0.5) is 0 Å². The van der Waals surface area contributed by atoms with Gasteiger partial charge in [0.05, 0.1) is 0 Å². The Balaban J connectivity index is 0.00000120.